The van der Waals surface area contributed by atoms with Crippen molar-refractivity contribution >= 4 is 5.91 Å². The minimum Gasteiger partial charge on any atom is -0.337 e. The molecule has 18 heavy (non-hydrogen) atoms. The Bertz CT molecular complexity index is 275. The Morgan fingerprint density at radius 2 is 1.56 bits per heavy atom. The van der Waals surface area contributed by atoms with Crippen LogP contribution in [0.3, 0.4) is 0 Å². The molecule has 0 unspecified atom stereocenters. The molecule has 0 radical (unpaired) electrons. The van der Waals surface area contributed by atoms with Gasteiger partial charge in [0.25, 0.3) is 5.91 Å². The number of hydrogen-bond acceptors (Lipinski definition) is 1. The number of likely N-dealkylation sites (tertiary alicyclic amines) is 1. The molecule has 0 N–H and O–H groups in total. The van der Waals surface area contributed by atoms with E-state index in [2.05, 4.69) is 6.58 Å². The van der Waals surface area contributed by atoms with Crippen molar-refractivity contribution in [1.82, 2.24) is 4.90 Å². The van der Waals surface area contributed by atoms with Gasteiger partial charge < -0.3 is 4.90 Å². The number of carbonyl (C=O) groups excluding carboxylic acids is 1. The predicted octanol–water partition coefficient (Wildman–Crippen LogP) is 4.60. The van der Waals surface area contributed by atoms with Crippen LogP contribution in [-0.4, -0.2) is 24.4 Å². The maximum atomic E-state index is 11.4. The summed E-state index contributed by atoms with van der Waals surface area (Å²) in [5.41, 5.74) is 1.86. The monoisotopic (exact) mass is 253 g/mol. The van der Waals surface area contributed by atoms with Crippen LogP contribution < -0.4 is 0 Å². The summed E-state index contributed by atoms with van der Waals surface area (Å²) >= 11 is 0. The molecule has 1 amide bonds. The van der Waals surface area contributed by atoms with Crippen molar-refractivity contribution in [3.05, 3.63) is 36.0 Å². The molecule has 1 heterocycles. The van der Waals surface area contributed by atoms with Gasteiger partial charge in [-0.3, -0.25) is 4.79 Å². The second-order valence-corrected chi connectivity index (χ2v) is 2.79. The van der Waals surface area contributed by atoms with Crippen molar-refractivity contribution in [2.75, 3.05) is 13.6 Å². The summed E-state index contributed by atoms with van der Waals surface area (Å²) in [4.78, 5) is 13.1. The summed E-state index contributed by atoms with van der Waals surface area (Å²) in [5, 5.41) is 0. The molecule has 0 atom stereocenters. The fourth-order valence-electron chi connectivity index (χ4n) is 1.30. The van der Waals surface area contributed by atoms with Crippen molar-refractivity contribution in [2.24, 2.45) is 0 Å². The highest BCUT2D eigenvalue weighted by Crippen LogP contribution is 2.21. The lowest BCUT2D eigenvalue weighted by Gasteiger charge is -2.03. The van der Waals surface area contributed by atoms with Crippen molar-refractivity contribution in [1.29, 1.82) is 0 Å². The Kier molecular flexibility index (Phi) is 19.1. The van der Waals surface area contributed by atoms with Crippen LogP contribution in [0.4, 0.5) is 0 Å². The number of rotatable bonds is 1. The first kappa shape index (κ1) is 21.9. The van der Waals surface area contributed by atoms with Crippen LogP contribution in [0.5, 0.6) is 0 Å². The lowest BCUT2D eigenvalue weighted by Crippen LogP contribution is -2.18. The minimum atomic E-state index is 0.0861. The van der Waals surface area contributed by atoms with E-state index in [4.69, 9.17) is 0 Å². The normalized spacial score (nSPS) is 17.1. The van der Waals surface area contributed by atoms with Crippen molar-refractivity contribution in [3.63, 3.8) is 0 Å². The molecule has 1 rings (SSSR count). The van der Waals surface area contributed by atoms with Crippen LogP contribution in [0, 0.1) is 0 Å². The summed E-state index contributed by atoms with van der Waals surface area (Å²) < 4.78 is 0. The summed E-state index contributed by atoms with van der Waals surface area (Å²) in [5.74, 6) is 0.0861. The fourth-order valence-corrected chi connectivity index (χ4v) is 1.30. The zero-order valence-electron chi connectivity index (χ0n) is 13.5. The number of hydrogen-bond donors (Lipinski definition) is 0. The summed E-state index contributed by atoms with van der Waals surface area (Å²) in [6.07, 6.45) is 5.38. The molecule has 0 aliphatic carbocycles. The smallest absolute Gasteiger partial charge is 0.254 e. The Morgan fingerprint density at radius 1 is 1.11 bits per heavy atom. The van der Waals surface area contributed by atoms with Crippen molar-refractivity contribution < 1.29 is 4.79 Å². The zero-order chi connectivity index (χ0) is 15.1. The van der Waals surface area contributed by atoms with Crippen molar-refractivity contribution in [3.8, 4) is 0 Å². The number of amides is 1. The van der Waals surface area contributed by atoms with Gasteiger partial charge in [-0.2, -0.15) is 0 Å². The number of carbonyl (C=O) groups is 1. The number of allylic oxidation sites excluding steroid dienone is 3. The molecule has 0 aromatic heterocycles. The lowest BCUT2D eigenvalue weighted by molar-refractivity contribution is -0.123. The van der Waals surface area contributed by atoms with E-state index in [1.807, 2.05) is 54.5 Å². The van der Waals surface area contributed by atoms with Gasteiger partial charge in [-0.25, -0.2) is 0 Å². The molecule has 2 heteroatoms. The molecule has 0 saturated carbocycles. The van der Waals surface area contributed by atoms with Crippen LogP contribution in [0.2, 0.25) is 0 Å². The van der Waals surface area contributed by atoms with Crippen LogP contribution >= 0.6 is 0 Å². The van der Waals surface area contributed by atoms with Gasteiger partial charge in [0.05, 0.1) is 0 Å². The van der Waals surface area contributed by atoms with E-state index in [0.717, 1.165) is 17.7 Å². The quantitative estimate of drug-likeness (QED) is 0.626. The van der Waals surface area contributed by atoms with E-state index in [0.29, 0.717) is 0 Å². The molecule has 1 aliphatic rings. The third-order valence-electron chi connectivity index (χ3n) is 1.96. The molecular formula is C16H31NO. The fraction of sp³-hybridized carbons (Fsp3) is 0.562. The van der Waals surface area contributed by atoms with E-state index < -0.39 is 0 Å². The summed E-state index contributed by atoms with van der Waals surface area (Å²) in [6.45, 7) is 18.2. The zero-order valence-corrected chi connectivity index (χ0v) is 13.5. The highest BCUT2D eigenvalue weighted by atomic mass is 16.2. The molecule has 0 aromatic rings. The molecule has 2 nitrogen and oxygen atoms in total. The largest absolute Gasteiger partial charge is 0.337 e. The van der Waals surface area contributed by atoms with Crippen LogP contribution in [0.1, 0.15) is 48.5 Å². The van der Waals surface area contributed by atoms with Gasteiger partial charge in [0.2, 0.25) is 0 Å². The van der Waals surface area contributed by atoms with E-state index in [1.54, 1.807) is 24.1 Å². The topological polar surface area (TPSA) is 20.3 Å². The highest BCUT2D eigenvalue weighted by Gasteiger charge is 2.25. The maximum absolute atomic E-state index is 11.4. The molecular weight excluding hydrogens is 222 g/mol. The van der Waals surface area contributed by atoms with Crippen LogP contribution in [0.15, 0.2) is 36.0 Å². The summed E-state index contributed by atoms with van der Waals surface area (Å²) in [7, 11) is 1.80. The first-order valence-corrected chi connectivity index (χ1v) is 6.94. The van der Waals surface area contributed by atoms with E-state index in [1.165, 1.54) is 0 Å². The van der Waals surface area contributed by atoms with Gasteiger partial charge in [0.15, 0.2) is 0 Å². The molecule has 0 aromatic carbocycles. The predicted molar refractivity (Wildman–Crippen MR) is 83.7 cm³/mol. The number of likely N-dealkylation sites (N-methyl/N-ethyl adjacent to an activating group) is 1. The molecule has 1 fully saturated rings. The van der Waals surface area contributed by atoms with E-state index >= 15 is 0 Å². The van der Waals surface area contributed by atoms with Gasteiger partial charge in [0, 0.05) is 19.2 Å². The molecule has 106 valence electrons. The van der Waals surface area contributed by atoms with Gasteiger partial charge in [0.1, 0.15) is 0 Å². The third-order valence-corrected chi connectivity index (χ3v) is 1.96. The van der Waals surface area contributed by atoms with E-state index in [9.17, 15) is 4.79 Å². The maximum Gasteiger partial charge on any atom is 0.254 e. The Balaban J connectivity index is -0.000000328. The highest BCUT2D eigenvalue weighted by molar-refractivity contribution is 6.01. The lowest BCUT2D eigenvalue weighted by atomic mass is 10.1. The SMILES string of the molecule is C=C/C=C1/C(=O)N(C)C/C1=C/C.CC.CC.CC. The van der Waals surface area contributed by atoms with Gasteiger partial charge >= 0.3 is 0 Å². The average molecular weight is 253 g/mol. The third kappa shape index (κ3) is 7.10. The molecule has 0 spiro atoms. The molecule has 0 bridgehead atoms. The Labute approximate surface area is 114 Å². The Hall–Kier alpha value is -1.31. The Morgan fingerprint density at radius 3 is 1.89 bits per heavy atom. The number of nitrogens with zero attached hydrogens (tertiary/aromatic N) is 1. The van der Waals surface area contributed by atoms with Gasteiger partial charge in [-0.15, -0.1) is 0 Å². The van der Waals surface area contributed by atoms with Crippen molar-refractivity contribution in [2.45, 2.75) is 48.5 Å². The van der Waals surface area contributed by atoms with Gasteiger partial charge in [-0.05, 0) is 18.6 Å². The molecule has 1 saturated heterocycles. The average Bonchev–Trinajstić information content (AvgIpc) is 2.73. The first-order chi connectivity index (χ1) is 8.70. The second-order valence-electron chi connectivity index (χ2n) is 2.79. The second kappa shape index (κ2) is 15.7. The summed E-state index contributed by atoms with van der Waals surface area (Å²) in [6, 6.07) is 0. The van der Waals surface area contributed by atoms with E-state index in [-0.39, 0.29) is 5.91 Å². The minimum absolute atomic E-state index is 0.0861. The standard InChI is InChI=1S/C10H13NO.3C2H6/c1-4-6-9-8(5-2)7-11(3)10(9)12;3*1-2/h4-6H,1,7H2,2-3H3;3*1-2H3/b8-5-,9-6+;;;. The van der Waals surface area contributed by atoms with Crippen LogP contribution in [-0.2, 0) is 4.79 Å². The molecule has 1 aliphatic heterocycles. The van der Waals surface area contributed by atoms with Crippen LogP contribution in [0.25, 0.3) is 0 Å². The van der Waals surface area contributed by atoms with Gasteiger partial charge in [-0.1, -0.05) is 60.3 Å². The first-order valence-electron chi connectivity index (χ1n) is 6.94.